The second-order valence-corrected chi connectivity index (χ2v) is 5.46. The van der Waals surface area contributed by atoms with Crippen molar-refractivity contribution in [3.05, 3.63) is 11.1 Å². The molecule has 6 heteroatoms. The maximum Gasteiger partial charge on any atom is 0.305 e. The van der Waals surface area contributed by atoms with E-state index in [9.17, 15) is 4.79 Å². The zero-order valence-electron chi connectivity index (χ0n) is 12.6. The number of rotatable bonds is 10. The van der Waals surface area contributed by atoms with Crippen LogP contribution < -0.4 is 10.2 Å². The minimum Gasteiger partial charge on any atom is -0.466 e. The minimum atomic E-state index is -0.115. The highest BCUT2D eigenvalue weighted by Crippen LogP contribution is 2.21. The van der Waals surface area contributed by atoms with Crippen LogP contribution in [0.2, 0.25) is 0 Å². The summed E-state index contributed by atoms with van der Waals surface area (Å²) in [7, 11) is 0. The Morgan fingerprint density at radius 2 is 2.15 bits per heavy atom. The third-order valence-corrected chi connectivity index (χ3v) is 3.97. The number of aromatic nitrogens is 1. The number of nitrogens with one attached hydrogen (secondary N) is 1. The van der Waals surface area contributed by atoms with E-state index in [-0.39, 0.29) is 5.97 Å². The van der Waals surface area contributed by atoms with Crippen LogP contribution in [0.5, 0.6) is 0 Å². The average molecular weight is 299 g/mol. The highest BCUT2D eigenvalue weighted by atomic mass is 32.1. The summed E-state index contributed by atoms with van der Waals surface area (Å²) in [4.78, 5) is 19.1. The lowest BCUT2D eigenvalue weighted by atomic mass is 10.3. The van der Waals surface area contributed by atoms with Crippen molar-refractivity contribution in [2.75, 3.05) is 31.1 Å². The van der Waals surface area contributed by atoms with Gasteiger partial charge in [0, 0.05) is 37.1 Å². The Hall–Kier alpha value is -1.14. The largest absolute Gasteiger partial charge is 0.466 e. The Kier molecular flexibility index (Phi) is 8.22. The number of nitrogens with zero attached hydrogens (tertiary/aromatic N) is 2. The molecule has 0 aliphatic rings. The summed E-state index contributed by atoms with van der Waals surface area (Å²) in [5.41, 5.74) is 0. The van der Waals surface area contributed by atoms with Crippen molar-refractivity contribution in [1.29, 1.82) is 0 Å². The molecule has 1 N–H and O–H groups in total. The molecule has 0 radical (unpaired) electrons. The van der Waals surface area contributed by atoms with Crippen LogP contribution >= 0.6 is 11.3 Å². The number of hydrogen-bond acceptors (Lipinski definition) is 6. The molecule has 0 saturated carbocycles. The predicted molar refractivity (Wildman–Crippen MR) is 83.2 cm³/mol. The lowest BCUT2D eigenvalue weighted by Gasteiger charge is -2.16. The monoisotopic (exact) mass is 299 g/mol. The van der Waals surface area contributed by atoms with Crippen molar-refractivity contribution in [1.82, 2.24) is 10.3 Å². The van der Waals surface area contributed by atoms with Crippen molar-refractivity contribution in [2.24, 2.45) is 0 Å². The Morgan fingerprint density at radius 3 is 2.80 bits per heavy atom. The molecule has 0 amide bonds. The minimum absolute atomic E-state index is 0.115. The van der Waals surface area contributed by atoms with Gasteiger partial charge in [-0.15, -0.1) is 11.3 Å². The van der Waals surface area contributed by atoms with Gasteiger partial charge in [-0.2, -0.15) is 0 Å². The molecule has 0 aromatic carbocycles. The van der Waals surface area contributed by atoms with Gasteiger partial charge in [0.2, 0.25) is 0 Å². The second kappa shape index (κ2) is 9.72. The summed E-state index contributed by atoms with van der Waals surface area (Å²) in [6.45, 7) is 10.1. The molecule has 1 heterocycles. The molecular formula is C14H25N3O2S. The Bertz CT molecular complexity index is 392. The molecule has 0 spiro atoms. The smallest absolute Gasteiger partial charge is 0.305 e. The summed E-state index contributed by atoms with van der Waals surface area (Å²) < 4.78 is 4.88. The standard InChI is InChI=1S/C14H25N3O2S/c1-4-17(5-2)14-16-11-12(20-14)10-15-9-7-8-13(18)19-6-3/h11,15H,4-10H2,1-3H3. The summed E-state index contributed by atoms with van der Waals surface area (Å²) in [5.74, 6) is -0.115. The quantitative estimate of drug-likeness (QED) is 0.531. The Morgan fingerprint density at radius 1 is 1.40 bits per heavy atom. The van der Waals surface area contributed by atoms with E-state index in [1.54, 1.807) is 11.3 Å². The number of ether oxygens (including phenoxy) is 1. The SMILES string of the molecule is CCOC(=O)CCCNCc1cnc(N(CC)CC)s1. The van der Waals surface area contributed by atoms with E-state index in [0.717, 1.165) is 37.7 Å². The summed E-state index contributed by atoms with van der Waals surface area (Å²) >= 11 is 1.72. The molecule has 0 unspecified atom stereocenters. The van der Waals surface area contributed by atoms with E-state index in [2.05, 4.69) is 29.0 Å². The topological polar surface area (TPSA) is 54.5 Å². The summed E-state index contributed by atoms with van der Waals surface area (Å²) in [6, 6.07) is 0. The molecule has 0 saturated heterocycles. The predicted octanol–water partition coefficient (Wildman–Crippen LogP) is 2.42. The van der Waals surface area contributed by atoms with Gasteiger partial charge >= 0.3 is 5.97 Å². The Labute approximate surface area is 125 Å². The van der Waals surface area contributed by atoms with Crippen molar-refractivity contribution in [3.63, 3.8) is 0 Å². The molecule has 0 bridgehead atoms. The van der Waals surface area contributed by atoms with Crippen LogP contribution in [0.3, 0.4) is 0 Å². The number of carbonyl (C=O) groups excluding carboxylic acids is 1. The molecule has 20 heavy (non-hydrogen) atoms. The van der Waals surface area contributed by atoms with Gasteiger partial charge in [-0.05, 0) is 33.7 Å². The van der Waals surface area contributed by atoms with Crippen molar-refractivity contribution >= 4 is 22.4 Å². The second-order valence-electron chi connectivity index (χ2n) is 4.37. The fourth-order valence-electron chi connectivity index (χ4n) is 1.82. The van der Waals surface area contributed by atoms with Crippen molar-refractivity contribution in [3.8, 4) is 0 Å². The van der Waals surface area contributed by atoms with Crippen molar-refractivity contribution in [2.45, 2.75) is 40.2 Å². The normalized spacial score (nSPS) is 10.6. The molecule has 0 aliphatic carbocycles. The van der Waals surface area contributed by atoms with Gasteiger partial charge < -0.3 is 15.0 Å². The highest BCUT2D eigenvalue weighted by molar-refractivity contribution is 7.15. The van der Waals surface area contributed by atoms with E-state index >= 15 is 0 Å². The third kappa shape index (κ3) is 5.88. The van der Waals surface area contributed by atoms with Crippen LogP contribution in [0, 0.1) is 0 Å². The van der Waals surface area contributed by atoms with E-state index in [1.807, 2.05) is 13.1 Å². The van der Waals surface area contributed by atoms with Crippen LogP contribution in [0.1, 0.15) is 38.5 Å². The van der Waals surface area contributed by atoms with E-state index < -0.39 is 0 Å². The number of esters is 1. The third-order valence-electron chi connectivity index (χ3n) is 2.91. The Balaban J connectivity index is 2.21. The highest BCUT2D eigenvalue weighted by Gasteiger charge is 2.07. The lowest BCUT2D eigenvalue weighted by Crippen LogP contribution is -2.21. The average Bonchev–Trinajstić information content (AvgIpc) is 2.89. The first-order valence-corrected chi connectivity index (χ1v) is 8.08. The van der Waals surface area contributed by atoms with E-state index in [4.69, 9.17) is 4.74 Å². The molecular weight excluding hydrogens is 274 g/mol. The first kappa shape index (κ1) is 16.9. The van der Waals surface area contributed by atoms with Crippen LogP contribution in [0.25, 0.3) is 0 Å². The van der Waals surface area contributed by atoms with Crippen LogP contribution in [0.4, 0.5) is 5.13 Å². The van der Waals surface area contributed by atoms with Gasteiger partial charge in [0.25, 0.3) is 0 Å². The molecule has 0 aliphatic heterocycles. The van der Waals surface area contributed by atoms with E-state index in [0.29, 0.717) is 13.0 Å². The van der Waals surface area contributed by atoms with Crippen molar-refractivity contribution < 1.29 is 9.53 Å². The molecule has 5 nitrogen and oxygen atoms in total. The van der Waals surface area contributed by atoms with Crippen LogP contribution in [0.15, 0.2) is 6.20 Å². The number of anilines is 1. The van der Waals surface area contributed by atoms with E-state index in [1.165, 1.54) is 4.88 Å². The fourth-order valence-corrected chi connectivity index (χ4v) is 2.83. The fraction of sp³-hybridized carbons (Fsp3) is 0.714. The molecule has 1 aromatic heterocycles. The van der Waals surface area contributed by atoms with Crippen LogP contribution in [-0.2, 0) is 16.1 Å². The van der Waals surface area contributed by atoms with Gasteiger partial charge in [0.1, 0.15) is 0 Å². The van der Waals surface area contributed by atoms with Gasteiger partial charge in [0.05, 0.1) is 6.61 Å². The van der Waals surface area contributed by atoms with Crippen LogP contribution in [-0.4, -0.2) is 37.2 Å². The van der Waals surface area contributed by atoms with Gasteiger partial charge in [0.15, 0.2) is 5.13 Å². The summed E-state index contributed by atoms with van der Waals surface area (Å²) in [5, 5.41) is 4.41. The maximum absolute atomic E-state index is 11.2. The number of hydrogen-bond donors (Lipinski definition) is 1. The number of thiazole rings is 1. The molecule has 114 valence electrons. The molecule has 0 fully saturated rings. The molecule has 0 atom stereocenters. The maximum atomic E-state index is 11.2. The zero-order chi connectivity index (χ0) is 14.8. The van der Waals surface area contributed by atoms with Gasteiger partial charge in [-0.1, -0.05) is 0 Å². The summed E-state index contributed by atoms with van der Waals surface area (Å²) in [6.07, 6.45) is 3.21. The first-order chi connectivity index (χ1) is 9.71. The number of carbonyl (C=O) groups is 1. The van der Waals surface area contributed by atoms with Gasteiger partial charge in [-0.25, -0.2) is 4.98 Å². The molecule has 1 rings (SSSR count). The van der Waals surface area contributed by atoms with Gasteiger partial charge in [-0.3, -0.25) is 4.79 Å². The molecule has 1 aromatic rings. The first-order valence-electron chi connectivity index (χ1n) is 7.27. The zero-order valence-corrected chi connectivity index (χ0v) is 13.5. The lowest BCUT2D eigenvalue weighted by molar-refractivity contribution is -0.143.